The fraction of sp³-hybridized carbons (Fsp3) is 1.00. The molecule has 2 rings (SSSR count). The van der Waals surface area contributed by atoms with Gasteiger partial charge in [-0.05, 0) is 51.0 Å². The maximum atomic E-state index is 8.97. The third-order valence-corrected chi connectivity index (χ3v) is 4.05. The molecule has 0 bridgehead atoms. The van der Waals surface area contributed by atoms with Crippen LogP contribution < -0.4 is 5.73 Å². The lowest BCUT2D eigenvalue weighted by atomic mass is 9.94. The van der Waals surface area contributed by atoms with Gasteiger partial charge in [-0.1, -0.05) is 0 Å². The molecular weight excluding hydrogens is 188 g/mol. The molecule has 1 saturated heterocycles. The minimum atomic E-state index is 0.350. The first-order valence-corrected chi connectivity index (χ1v) is 6.40. The summed E-state index contributed by atoms with van der Waals surface area (Å²) in [6.45, 7) is 2.79. The number of aliphatic hydroxyl groups excluding tert-OH is 1. The van der Waals surface area contributed by atoms with E-state index in [4.69, 9.17) is 10.8 Å². The lowest BCUT2D eigenvalue weighted by molar-refractivity contribution is 0.109. The highest BCUT2D eigenvalue weighted by molar-refractivity contribution is 4.87. The fourth-order valence-corrected chi connectivity index (χ4v) is 3.17. The molecule has 0 aromatic carbocycles. The topological polar surface area (TPSA) is 49.5 Å². The van der Waals surface area contributed by atoms with E-state index in [1.54, 1.807) is 0 Å². The monoisotopic (exact) mass is 212 g/mol. The van der Waals surface area contributed by atoms with Crippen molar-refractivity contribution in [1.82, 2.24) is 4.90 Å². The van der Waals surface area contributed by atoms with Crippen molar-refractivity contribution in [3.8, 4) is 0 Å². The minimum Gasteiger partial charge on any atom is -0.396 e. The Kier molecular flexibility index (Phi) is 4.00. The highest BCUT2D eigenvalue weighted by Gasteiger charge is 2.30. The standard InChI is InChI=1S/C12H24N2O/c13-11-3-4-12(8-11)14-6-1-2-10(9-14)5-7-15/h10-12,15H,1-9,13H2. The van der Waals surface area contributed by atoms with Crippen LogP contribution >= 0.6 is 0 Å². The van der Waals surface area contributed by atoms with Crippen LogP contribution in [0.15, 0.2) is 0 Å². The molecular formula is C12H24N2O. The zero-order valence-electron chi connectivity index (χ0n) is 9.57. The van der Waals surface area contributed by atoms with Gasteiger partial charge in [0.05, 0.1) is 0 Å². The highest BCUT2D eigenvalue weighted by Crippen LogP contribution is 2.28. The Morgan fingerprint density at radius 1 is 1.27 bits per heavy atom. The van der Waals surface area contributed by atoms with Crippen molar-refractivity contribution < 1.29 is 5.11 Å². The molecule has 1 heterocycles. The third-order valence-electron chi connectivity index (χ3n) is 4.05. The Morgan fingerprint density at radius 3 is 2.80 bits per heavy atom. The number of rotatable bonds is 3. The second-order valence-corrected chi connectivity index (χ2v) is 5.24. The summed E-state index contributed by atoms with van der Waals surface area (Å²) in [4.78, 5) is 2.62. The summed E-state index contributed by atoms with van der Waals surface area (Å²) in [7, 11) is 0. The van der Waals surface area contributed by atoms with E-state index in [1.807, 2.05) is 0 Å². The smallest absolute Gasteiger partial charge is 0.0434 e. The normalized spacial score (nSPS) is 38.4. The molecule has 0 radical (unpaired) electrons. The van der Waals surface area contributed by atoms with E-state index in [2.05, 4.69) is 4.90 Å². The van der Waals surface area contributed by atoms with Crippen molar-refractivity contribution in [2.75, 3.05) is 19.7 Å². The number of hydrogen-bond donors (Lipinski definition) is 2. The van der Waals surface area contributed by atoms with E-state index >= 15 is 0 Å². The summed E-state index contributed by atoms with van der Waals surface area (Å²) in [5, 5.41) is 8.97. The highest BCUT2D eigenvalue weighted by atomic mass is 16.3. The van der Waals surface area contributed by atoms with E-state index in [9.17, 15) is 0 Å². The lowest BCUT2D eigenvalue weighted by Gasteiger charge is -2.36. The number of aliphatic hydroxyl groups is 1. The second-order valence-electron chi connectivity index (χ2n) is 5.24. The zero-order valence-corrected chi connectivity index (χ0v) is 9.57. The maximum Gasteiger partial charge on any atom is 0.0434 e. The molecule has 3 heteroatoms. The molecule has 0 spiro atoms. The average Bonchev–Trinajstić information content (AvgIpc) is 2.66. The van der Waals surface area contributed by atoms with E-state index in [0.717, 1.165) is 18.4 Å². The first-order valence-electron chi connectivity index (χ1n) is 6.40. The molecule has 0 aromatic rings. The van der Waals surface area contributed by atoms with Gasteiger partial charge < -0.3 is 15.7 Å². The third kappa shape index (κ3) is 2.92. The van der Waals surface area contributed by atoms with Gasteiger partial charge in [-0.25, -0.2) is 0 Å². The van der Waals surface area contributed by atoms with Gasteiger partial charge in [-0.15, -0.1) is 0 Å². The fourth-order valence-electron chi connectivity index (χ4n) is 3.17. The maximum absolute atomic E-state index is 8.97. The quantitative estimate of drug-likeness (QED) is 0.732. The summed E-state index contributed by atoms with van der Waals surface area (Å²) < 4.78 is 0. The van der Waals surface area contributed by atoms with Gasteiger partial charge >= 0.3 is 0 Å². The molecule has 1 aliphatic heterocycles. The SMILES string of the molecule is NC1CCC(N2CCCC(CCO)C2)C1. The molecule has 3 nitrogen and oxygen atoms in total. The number of nitrogens with two attached hydrogens (primary N) is 1. The van der Waals surface area contributed by atoms with Crippen LogP contribution in [0, 0.1) is 5.92 Å². The Balaban J connectivity index is 1.81. The van der Waals surface area contributed by atoms with Gasteiger partial charge in [0, 0.05) is 25.2 Å². The summed E-state index contributed by atoms with van der Waals surface area (Å²) in [6.07, 6.45) is 7.26. The van der Waals surface area contributed by atoms with Gasteiger partial charge in [0.2, 0.25) is 0 Å². The molecule has 88 valence electrons. The van der Waals surface area contributed by atoms with Crippen LogP contribution in [0.2, 0.25) is 0 Å². The molecule has 15 heavy (non-hydrogen) atoms. The molecule has 1 aliphatic carbocycles. The molecule has 2 aliphatic rings. The van der Waals surface area contributed by atoms with Crippen LogP contribution in [0.1, 0.15) is 38.5 Å². The molecule has 3 N–H and O–H groups in total. The van der Waals surface area contributed by atoms with Crippen molar-refractivity contribution in [2.24, 2.45) is 11.7 Å². The van der Waals surface area contributed by atoms with Gasteiger partial charge in [0.15, 0.2) is 0 Å². The Morgan fingerprint density at radius 2 is 2.13 bits per heavy atom. The van der Waals surface area contributed by atoms with Gasteiger partial charge in [0.25, 0.3) is 0 Å². The molecule has 2 fully saturated rings. The Bertz CT molecular complexity index is 196. The van der Waals surface area contributed by atoms with Crippen molar-refractivity contribution >= 4 is 0 Å². The number of hydrogen-bond acceptors (Lipinski definition) is 3. The average molecular weight is 212 g/mol. The van der Waals surface area contributed by atoms with Crippen molar-refractivity contribution in [2.45, 2.75) is 50.6 Å². The molecule has 3 unspecified atom stereocenters. The van der Waals surface area contributed by atoms with Crippen LogP contribution in [-0.2, 0) is 0 Å². The van der Waals surface area contributed by atoms with Crippen LogP contribution in [0.4, 0.5) is 0 Å². The molecule has 0 amide bonds. The van der Waals surface area contributed by atoms with E-state index in [0.29, 0.717) is 12.6 Å². The number of piperidine rings is 1. The van der Waals surface area contributed by atoms with Gasteiger partial charge in [0.1, 0.15) is 0 Å². The summed E-state index contributed by atoms with van der Waals surface area (Å²) in [5.74, 6) is 0.723. The predicted molar refractivity (Wildman–Crippen MR) is 61.6 cm³/mol. The number of likely N-dealkylation sites (tertiary alicyclic amines) is 1. The number of nitrogens with zero attached hydrogens (tertiary/aromatic N) is 1. The second kappa shape index (κ2) is 5.28. The van der Waals surface area contributed by atoms with Crippen LogP contribution in [0.3, 0.4) is 0 Å². The Labute approximate surface area is 92.6 Å². The van der Waals surface area contributed by atoms with Gasteiger partial charge in [-0.2, -0.15) is 0 Å². The lowest BCUT2D eigenvalue weighted by Crippen LogP contribution is -2.42. The largest absolute Gasteiger partial charge is 0.396 e. The molecule has 0 aromatic heterocycles. The van der Waals surface area contributed by atoms with Crippen LogP contribution in [0.25, 0.3) is 0 Å². The minimum absolute atomic E-state index is 0.350. The van der Waals surface area contributed by atoms with E-state index < -0.39 is 0 Å². The van der Waals surface area contributed by atoms with Crippen molar-refractivity contribution in [3.63, 3.8) is 0 Å². The molecule has 3 atom stereocenters. The van der Waals surface area contributed by atoms with Crippen LogP contribution in [0.5, 0.6) is 0 Å². The van der Waals surface area contributed by atoms with E-state index in [1.165, 1.54) is 45.2 Å². The first-order chi connectivity index (χ1) is 7.29. The summed E-state index contributed by atoms with van der Waals surface area (Å²) in [6, 6.07) is 1.18. The Hall–Kier alpha value is -0.120. The first kappa shape index (κ1) is 11.4. The van der Waals surface area contributed by atoms with Gasteiger partial charge in [-0.3, -0.25) is 0 Å². The van der Waals surface area contributed by atoms with E-state index in [-0.39, 0.29) is 0 Å². The zero-order chi connectivity index (χ0) is 10.7. The summed E-state index contributed by atoms with van der Waals surface area (Å²) >= 11 is 0. The molecule has 1 saturated carbocycles. The summed E-state index contributed by atoms with van der Waals surface area (Å²) in [5.41, 5.74) is 5.96. The van der Waals surface area contributed by atoms with Crippen LogP contribution in [-0.4, -0.2) is 41.8 Å². The van der Waals surface area contributed by atoms with Crippen molar-refractivity contribution in [1.29, 1.82) is 0 Å². The van der Waals surface area contributed by atoms with Crippen molar-refractivity contribution in [3.05, 3.63) is 0 Å². The predicted octanol–water partition coefficient (Wildman–Crippen LogP) is 0.961.